The largest absolute Gasteiger partial charge is 0.453 e. The predicted molar refractivity (Wildman–Crippen MR) is 204 cm³/mol. The number of methoxy groups -OCH3 is 1. The SMILES string of the molecule is COC(=O)N[C@@H](C(=O)N1CCC[C@H]1C1=NC=C(c2ccc(-c3ccc(-c4cnc([C@@H]5CCCN5C(=O)OC(C)(C)C)[nH]4)c(F)c3)cc2F)C1)c1ccccc1. The molecule has 0 spiro atoms. The van der Waals surface area contributed by atoms with E-state index in [1.54, 1.807) is 70.7 Å². The maximum absolute atomic E-state index is 15.8. The molecular weight excluding hydrogens is 706 g/mol. The van der Waals surface area contributed by atoms with Gasteiger partial charge in [-0.3, -0.25) is 14.7 Å². The fourth-order valence-electron chi connectivity index (χ4n) is 7.57. The van der Waals surface area contributed by atoms with Crippen LogP contribution in [0.15, 0.2) is 84.1 Å². The summed E-state index contributed by atoms with van der Waals surface area (Å²) in [5.74, 6) is -0.682. The highest BCUT2D eigenvalue weighted by Crippen LogP contribution is 2.36. The van der Waals surface area contributed by atoms with Gasteiger partial charge in [0, 0.05) is 42.5 Å². The highest BCUT2D eigenvalue weighted by Gasteiger charge is 2.39. The molecule has 13 heteroatoms. The summed E-state index contributed by atoms with van der Waals surface area (Å²) >= 11 is 0. The number of ether oxygens (including phenoxy) is 2. The van der Waals surface area contributed by atoms with Crippen LogP contribution in [0.4, 0.5) is 18.4 Å². The molecular formula is C42H44F2N6O5. The minimum absolute atomic E-state index is 0.268. The minimum Gasteiger partial charge on any atom is -0.453 e. The highest BCUT2D eigenvalue weighted by atomic mass is 19.1. The average Bonchev–Trinajstić information content (AvgIpc) is 4.00. The van der Waals surface area contributed by atoms with Gasteiger partial charge in [-0.05, 0) is 86.9 Å². The van der Waals surface area contributed by atoms with E-state index >= 15 is 8.78 Å². The monoisotopic (exact) mass is 750 g/mol. The third kappa shape index (κ3) is 8.01. The zero-order valence-electron chi connectivity index (χ0n) is 31.3. The molecule has 11 nitrogen and oxygen atoms in total. The first kappa shape index (κ1) is 37.5. The van der Waals surface area contributed by atoms with Crippen LogP contribution in [-0.4, -0.2) is 75.4 Å². The lowest BCUT2D eigenvalue weighted by Crippen LogP contribution is -2.47. The zero-order chi connectivity index (χ0) is 38.9. The van der Waals surface area contributed by atoms with Gasteiger partial charge >= 0.3 is 12.2 Å². The Morgan fingerprint density at radius 2 is 1.55 bits per heavy atom. The Labute approximate surface area is 318 Å². The molecule has 2 saturated heterocycles. The van der Waals surface area contributed by atoms with E-state index in [1.807, 2.05) is 26.8 Å². The third-order valence-electron chi connectivity index (χ3n) is 10.2. The van der Waals surface area contributed by atoms with Crippen molar-refractivity contribution >= 4 is 29.4 Å². The fraction of sp³-hybridized carbons (Fsp3) is 0.357. The van der Waals surface area contributed by atoms with E-state index in [9.17, 15) is 14.4 Å². The minimum atomic E-state index is -0.932. The highest BCUT2D eigenvalue weighted by molar-refractivity contribution is 6.04. The quantitative estimate of drug-likeness (QED) is 0.186. The molecule has 3 aliphatic heterocycles. The van der Waals surface area contributed by atoms with Crippen molar-refractivity contribution in [2.75, 3.05) is 20.2 Å². The molecule has 286 valence electrons. The van der Waals surface area contributed by atoms with Crippen LogP contribution in [0, 0.1) is 11.6 Å². The van der Waals surface area contributed by atoms with Gasteiger partial charge < -0.3 is 24.7 Å². The van der Waals surface area contributed by atoms with Crippen LogP contribution in [-0.2, 0) is 14.3 Å². The van der Waals surface area contributed by atoms with E-state index < -0.39 is 35.5 Å². The van der Waals surface area contributed by atoms with Crippen molar-refractivity contribution in [3.05, 3.63) is 108 Å². The number of hydrogen-bond acceptors (Lipinski definition) is 7. The van der Waals surface area contributed by atoms with Gasteiger partial charge in [-0.15, -0.1) is 0 Å². The van der Waals surface area contributed by atoms with Crippen LogP contribution < -0.4 is 5.32 Å². The van der Waals surface area contributed by atoms with Crippen LogP contribution in [0.2, 0.25) is 0 Å². The van der Waals surface area contributed by atoms with E-state index in [1.165, 1.54) is 19.2 Å². The van der Waals surface area contributed by atoms with E-state index in [2.05, 4.69) is 20.3 Å². The third-order valence-corrected chi connectivity index (χ3v) is 10.2. The van der Waals surface area contributed by atoms with E-state index in [4.69, 9.17) is 9.47 Å². The molecule has 3 atom stereocenters. The first-order valence-electron chi connectivity index (χ1n) is 18.5. The predicted octanol–water partition coefficient (Wildman–Crippen LogP) is 8.37. The van der Waals surface area contributed by atoms with Crippen molar-refractivity contribution in [3.63, 3.8) is 0 Å². The molecule has 3 aliphatic rings. The number of halogens is 2. The van der Waals surface area contributed by atoms with Crippen molar-refractivity contribution < 1.29 is 32.6 Å². The summed E-state index contributed by atoms with van der Waals surface area (Å²) in [5.41, 5.74) is 3.60. The van der Waals surface area contributed by atoms with Crippen molar-refractivity contribution in [2.45, 2.75) is 76.6 Å². The molecule has 2 fully saturated rings. The molecule has 2 N–H and O–H groups in total. The molecule has 0 radical (unpaired) electrons. The van der Waals surface area contributed by atoms with E-state index in [0.29, 0.717) is 77.3 Å². The van der Waals surface area contributed by atoms with E-state index in [0.717, 1.165) is 18.6 Å². The van der Waals surface area contributed by atoms with E-state index in [-0.39, 0.29) is 18.0 Å². The summed E-state index contributed by atoms with van der Waals surface area (Å²) in [6.07, 6.45) is 5.41. The number of allylic oxidation sites excluding steroid dienone is 1. The number of rotatable bonds is 8. The van der Waals surface area contributed by atoms with Crippen molar-refractivity contribution in [3.8, 4) is 22.4 Å². The van der Waals surface area contributed by atoms with Gasteiger partial charge in [-0.25, -0.2) is 23.4 Å². The standard InChI is InChI=1S/C42H44F2N6O5/c1-42(2,3)55-41(53)50-19-9-13-36(50)38-46-24-34(47-38)30-17-15-27(21-32(30)44)26-14-16-29(31(43)20-26)28-22-33(45-23-28)35-12-8-18-49(35)39(51)37(48-40(52)54-4)25-10-6-5-7-11-25/h5-7,10-11,14-17,20-21,23-24,35-37H,8-9,12-13,18-19,22H2,1-4H3,(H,46,47)(H,48,52)/t35-,36-,37+/m0/s1. The number of H-pyrrole nitrogens is 1. The van der Waals surface area contributed by atoms with Gasteiger partial charge in [0.05, 0.1) is 31.1 Å². The van der Waals surface area contributed by atoms with Crippen LogP contribution >= 0.6 is 0 Å². The van der Waals surface area contributed by atoms with Gasteiger partial charge in [-0.2, -0.15) is 0 Å². The number of imidazole rings is 1. The molecule has 4 heterocycles. The van der Waals surface area contributed by atoms with Crippen LogP contribution in [0.25, 0.3) is 28.0 Å². The normalized spacial score (nSPS) is 18.9. The summed E-state index contributed by atoms with van der Waals surface area (Å²) in [7, 11) is 1.25. The second-order valence-corrected chi connectivity index (χ2v) is 15.0. The molecule has 3 aromatic carbocycles. The summed E-state index contributed by atoms with van der Waals surface area (Å²) in [6.45, 7) is 6.51. The molecule has 1 aromatic heterocycles. The Bertz CT molecular complexity index is 2160. The Kier molecular flexibility index (Phi) is 10.5. The second-order valence-electron chi connectivity index (χ2n) is 15.0. The maximum Gasteiger partial charge on any atom is 0.410 e. The van der Waals surface area contributed by atoms with Crippen LogP contribution in [0.5, 0.6) is 0 Å². The first-order valence-corrected chi connectivity index (χ1v) is 18.5. The first-order chi connectivity index (χ1) is 26.4. The number of nitrogens with zero attached hydrogens (tertiary/aromatic N) is 4. The lowest BCUT2D eigenvalue weighted by molar-refractivity contribution is -0.133. The Morgan fingerprint density at radius 1 is 0.891 bits per heavy atom. The molecule has 0 unspecified atom stereocenters. The summed E-state index contributed by atoms with van der Waals surface area (Å²) < 4.78 is 41.8. The summed E-state index contributed by atoms with van der Waals surface area (Å²) in [6, 6.07) is 17.0. The maximum atomic E-state index is 15.8. The molecule has 7 rings (SSSR count). The number of benzene rings is 3. The topological polar surface area (TPSA) is 129 Å². The van der Waals surface area contributed by atoms with Gasteiger partial charge in [-0.1, -0.05) is 48.5 Å². The molecule has 0 bridgehead atoms. The number of alkyl carbamates (subject to hydrolysis) is 1. The average molecular weight is 751 g/mol. The zero-order valence-corrected chi connectivity index (χ0v) is 31.3. The van der Waals surface area contributed by atoms with Gasteiger partial charge in [0.25, 0.3) is 0 Å². The lowest BCUT2D eigenvalue weighted by atomic mass is 9.95. The second kappa shape index (κ2) is 15.5. The number of carbonyl (C=O) groups is 3. The molecule has 55 heavy (non-hydrogen) atoms. The number of amides is 3. The van der Waals surface area contributed by atoms with Crippen molar-refractivity contribution in [1.29, 1.82) is 0 Å². The smallest absolute Gasteiger partial charge is 0.410 e. The summed E-state index contributed by atoms with van der Waals surface area (Å²) in [4.78, 5) is 54.6. The van der Waals surface area contributed by atoms with Crippen molar-refractivity contribution in [2.24, 2.45) is 4.99 Å². The van der Waals surface area contributed by atoms with Crippen LogP contribution in [0.3, 0.4) is 0 Å². The Balaban J connectivity index is 1.02. The number of likely N-dealkylation sites (tertiary alicyclic amines) is 2. The molecule has 0 saturated carbocycles. The Hall–Kier alpha value is -5.85. The van der Waals surface area contributed by atoms with Gasteiger partial charge in [0.1, 0.15) is 29.1 Å². The number of aliphatic imine (C=N–C) groups is 1. The van der Waals surface area contributed by atoms with Crippen molar-refractivity contribution in [1.82, 2.24) is 25.1 Å². The van der Waals surface area contributed by atoms with Gasteiger partial charge in [0.2, 0.25) is 5.91 Å². The lowest BCUT2D eigenvalue weighted by Gasteiger charge is -2.29. The number of nitrogens with one attached hydrogen (secondary N) is 2. The number of aromatic amines is 1. The summed E-state index contributed by atoms with van der Waals surface area (Å²) in [5, 5.41) is 2.67. The molecule has 4 aromatic rings. The Morgan fingerprint density at radius 3 is 2.20 bits per heavy atom. The van der Waals surface area contributed by atoms with Crippen LogP contribution in [0.1, 0.15) is 81.9 Å². The number of hydrogen-bond donors (Lipinski definition) is 2. The molecule has 3 amide bonds. The fourth-order valence-corrected chi connectivity index (χ4v) is 7.57. The number of carbonyl (C=O) groups excluding carboxylic acids is 3. The number of aromatic nitrogens is 2. The molecule has 0 aliphatic carbocycles. The van der Waals surface area contributed by atoms with Gasteiger partial charge in [0.15, 0.2) is 0 Å².